The van der Waals surface area contributed by atoms with Crippen molar-refractivity contribution in [3.8, 4) is 0 Å². The van der Waals surface area contributed by atoms with Gasteiger partial charge in [-0.15, -0.1) is 11.8 Å². The van der Waals surface area contributed by atoms with Gasteiger partial charge in [-0.1, -0.05) is 0 Å². The summed E-state index contributed by atoms with van der Waals surface area (Å²) < 4.78 is 22.2. The largest absolute Gasteiger partial charge is 0.396 e. The first-order valence-corrected chi connectivity index (χ1v) is 7.69. The van der Waals surface area contributed by atoms with Crippen LogP contribution < -0.4 is 5.32 Å². The van der Waals surface area contributed by atoms with Gasteiger partial charge < -0.3 is 10.4 Å². The summed E-state index contributed by atoms with van der Waals surface area (Å²) >= 11 is 1.33. The van der Waals surface area contributed by atoms with Gasteiger partial charge in [-0.05, 0) is 6.42 Å². The molecule has 1 atom stereocenters. The SMILES string of the molecule is O=C(CSCCO)N[C@H]1CCS(=O)(=O)C1. The van der Waals surface area contributed by atoms with E-state index in [-0.39, 0.29) is 35.8 Å². The van der Waals surface area contributed by atoms with Crippen LogP contribution in [0, 0.1) is 0 Å². The van der Waals surface area contributed by atoms with Crippen LogP contribution in [0.4, 0.5) is 0 Å². The van der Waals surface area contributed by atoms with Crippen LogP contribution in [0.2, 0.25) is 0 Å². The van der Waals surface area contributed by atoms with Crippen LogP contribution in [-0.2, 0) is 14.6 Å². The third kappa shape index (κ3) is 4.85. The summed E-state index contributed by atoms with van der Waals surface area (Å²) in [5.74, 6) is 0.870. The molecule has 0 aromatic heterocycles. The van der Waals surface area contributed by atoms with Gasteiger partial charge in [-0.25, -0.2) is 8.42 Å². The van der Waals surface area contributed by atoms with E-state index in [2.05, 4.69) is 5.32 Å². The number of amides is 1. The lowest BCUT2D eigenvalue weighted by Gasteiger charge is -2.09. The maximum Gasteiger partial charge on any atom is 0.230 e. The van der Waals surface area contributed by atoms with Crippen molar-refractivity contribution in [1.29, 1.82) is 0 Å². The number of carbonyl (C=O) groups excluding carboxylic acids is 1. The number of carbonyl (C=O) groups is 1. The molecule has 0 aromatic rings. The molecule has 5 nitrogen and oxygen atoms in total. The van der Waals surface area contributed by atoms with Crippen molar-refractivity contribution in [2.75, 3.05) is 29.6 Å². The molecule has 0 bridgehead atoms. The van der Waals surface area contributed by atoms with Crippen LogP contribution >= 0.6 is 11.8 Å². The molecule has 1 heterocycles. The second-order valence-corrected chi connectivity index (χ2v) is 6.78. The van der Waals surface area contributed by atoms with E-state index in [1.807, 2.05) is 0 Å². The van der Waals surface area contributed by atoms with Crippen molar-refractivity contribution in [1.82, 2.24) is 5.32 Å². The molecule has 0 unspecified atom stereocenters. The molecule has 0 spiro atoms. The van der Waals surface area contributed by atoms with Crippen LogP contribution in [0.5, 0.6) is 0 Å². The van der Waals surface area contributed by atoms with Crippen molar-refractivity contribution < 1.29 is 18.3 Å². The number of aliphatic hydroxyl groups is 1. The molecular weight excluding hydrogens is 238 g/mol. The molecule has 0 aromatic carbocycles. The standard InChI is InChI=1S/C8H15NO4S2/c10-2-3-14-5-8(11)9-7-1-4-15(12,13)6-7/h7,10H,1-6H2,(H,9,11)/t7-/m0/s1. The van der Waals surface area contributed by atoms with E-state index in [0.717, 1.165) is 0 Å². The molecule has 1 aliphatic heterocycles. The summed E-state index contributed by atoms with van der Waals surface area (Å²) in [5.41, 5.74) is 0. The Hall–Kier alpha value is -0.270. The number of hydrogen-bond acceptors (Lipinski definition) is 5. The number of thioether (sulfide) groups is 1. The average Bonchev–Trinajstić information content (AvgIpc) is 2.46. The minimum atomic E-state index is -2.93. The average molecular weight is 253 g/mol. The Morgan fingerprint density at radius 1 is 1.53 bits per heavy atom. The number of nitrogens with one attached hydrogen (secondary N) is 1. The van der Waals surface area contributed by atoms with E-state index >= 15 is 0 Å². The van der Waals surface area contributed by atoms with Crippen molar-refractivity contribution in [3.05, 3.63) is 0 Å². The quantitative estimate of drug-likeness (QED) is 0.615. The van der Waals surface area contributed by atoms with Crippen LogP contribution in [0.25, 0.3) is 0 Å². The predicted molar refractivity (Wildman–Crippen MR) is 59.6 cm³/mol. The topological polar surface area (TPSA) is 83.5 Å². The number of aliphatic hydroxyl groups excluding tert-OH is 1. The zero-order valence-corrected chi connectivity index (χ0v) is 9.94. The second-order valence-electron chi connectivity index (χ2n) is 3.44. The van der Waals surface area contributed by atoms with Gasteiger partial charge in [0.15, 0.2) is 9.84 Å². The molecule has 0 radical (unpaired) electrons. The predicted octanol–water partition coefficient (Wildman–Crippen LogP) is -0.985. The Morgan fingerprint density at radius 2 is 2.27 bits per heavy atom. The summed E-state index contributed by atoms with van der Waals surface area (Å²) in [6.07, 6.45) is 0.513. The first-order valence-electron chi connectivity index (χ1n) is 4.72. The molecule has 1 saturated heterocycles. The van der Waals surface area contributed by atoms with Crippen molar-refractivity contribution >= 4 is 27.5 Å². The van der Waals surface area contributed by atoms with E-state index in [1.165, 1.54) is 11.8 Å². The van der Waals surface area contributed by atoms with Gasteiger partial charge >= 0.3 is 0 Å². The molecule has 1 amide bonds. The second kappa shape index (κ2) is 5.72. The van der Waals surface area contributed by atoms with Crippen molar-refractivity contribution in [2.45, 2.75) is 12.5 Å². The Kier molecular flexibility index (Phi) is 4.88. The van der Waals surface area contributed by atoms with Gasteiger partial charge in [0.25, 0.3) is 0 Å². The van der Waals surface area contributed by atoms with Gasteiger partial charge in [0.05, 0.1) is 23.9 Å². The molecule has 15 heavy (non-hydrogen) atoms. The number of rotatable bonds is 5. The molecule has 1 fully saturated rings. The van der Waals surface area contributed by atoms with Gasteiger partial charge in [0, 0.05) is 11.8 Å². The molecular formula is C8H15NO4S2. The lowest BCUT2D eigenvalue weighted by molar-refractivity contribution is -0.119. The van der Waals surface area contributed by atoms with E-state index in [4.69, 9.17) is 5.11 Å². The monoisotopic (exact) mass is 253 g/mol. The minimum Gasteiger partial charge on any atom is -0.396 e. The van der Waals surface area contributed by atoms with Crippen molar-refractivity contribution in [3.63, 3.8) is 0 Å². The van der Waals surface area contributed by atoms with E-state index in [0.29, 0.717) is 12.2 Å². The number of sulfone groups is 1. The highest BCUT2D eigenvalue weighted by atomic mass is 32.2. The molecule has 0 saturated carbocycles. The summed E-state index contributed by atoms with van der Waals surface area (Å²) in [6, 6.07) is -0.225. The van der Waals surface area contributed by atoms with E-state index < -0.39 is 9.84 Å². The molecule has 1 rings (SSSR count). The maximum absolute atomic E-state index is 11.3. The third-order valence-corrected chi connectivity index (χ3v) is 4.77. The Labute approximate surface area is 93.5 Å². The Balaban J connectivity index is 2.22. The first kappa shape index (κ1) is 12.8. The van der Waals surface area contributed by atoms with Gasteiger partial charge in [0.2, 0.25) is 5.91 Å². The molecule has 88 valence electrons. The fraction of sp³-hybridized carbons (Fsp3) is 0.875. The smallest absolute Gasteiger partial charge is 0.230 e. The van der Waals surface area contributed by atoms with Crippen LogP contribution in [0.15, 0.2) is 0 Å². The lowest BCUT2D eigenvalue weighted by atomic mass is 10.3. The van der Waals surface area contributed by atoms with Gasteiger partial charge in [-0.2, -0.15) is 0 Å². The van der Waals surface area contributed by atoms with E-state index in [1.54, 1.807) is 0 Å². The summed E-state index contributed by atoms with van der Waals surface area (Å²) in [4.78, 5) is 11.3. The first-order chi connectivity index (χ1) is 7.03. The highest BCUT2D eigenvalue weighted by Gasteiger charge is 2.28. The normalized spacial score (nSPS) is 23.9. The Bertz CT molecular complexity index is 315. The highest BCUT2D eigenvalue weighted by Crippen LogP contribution is 2.11. The Morgan fingerprint density at radius 3 is 2.80 bits per heavy atom. The molecule has 7 heteroatoms. The molecule has 2 N–H and O–H groups in total. The van der Waals surface area contributed by atoms with Crippen molar-refractivity contribution in [2.24, 2.45) is 0 Å². The van der Waals surface area contributed by atoms with Gasteiger partial charge in [-0.3, -0.25) is 4.79 Å². The third-order valence-electron chi connectivity index (χ3n) is 2.07. The highest BCUT2D eigenvalue weighted by molar-refractivity contribution is 7.99. The van der Waals surface area contributed by atoms with Gasteiger partial charge in [0.1, 0.15) is 0 Å². The van der Waals surface area contributed by atoms with Crippen LogP contribution in [0.3, 0.4) is 0 Å². The minimum absolute atomic E-state index is 0.0513. The van der Waals surface area contributed by atoms with Crippen LogP contribution in [0.1, 0.15) is 6.42 Å². The molecule has 0 aliphatic carbocycles. The zero-order valence-electron chi connectivity index (χ0n) is 8.31. The fourth-order valence-corrected chi connectivity index (χ4v) is 3.62. The molecule has 1 aliphatic rings. The van der Waals surface area contributed by atoms with Crippen LogP contribution in [-0.4, -0.2) is 55.1 Å². The summed E-state index contributed by atoms with van der Waals surface area (Å²) in [7, 11) is -2.93. The summed E-state index contributed by atoms with van der Waals surface area (Å²) in [5, 5.41) is 11.2. The summed E-state index contributed by atoms with van der Waals surface area (Å²) in [6.45, 7) is 0.0513. The number of hydrogen-bond donors (Lipinski definition) is 2. The van der Waals surface area contributed by atoms with E-state index in [9.17, 15) is 13.2 Å². The fourth-order valence-electron chi connectivity index (χ4n) is 1.41. The maximum atomic E-state index is 11.3. The zero-order chi connectivity index (χ0) is 11.3. The lowest BCUT2D eigenvalue weighted by Crippen LogP contribution is -2.36.